The molecule has 15 heavy (non-hydrogen) atoms. The molecule has 1 aliphatic heterocycles. The Kier molecular flexibility index (Phi) is 1.75. The van der Waals surface area contributed by atoms with E-state index in [4.69, 9.17) is 0 Å². The maximum absolute atomic E-state index is 13.0. The topological polar surface area (TPSA) is 12.0 Å². The van der Waals surface area contributed by atoms with Crippen LogP contribution < -0.4 is 5.32 Å². The fourth-order valence-corrected chi connectivity index (χ4v) is 2.03. The normalized spacial score (nSPS) is 12.6. The Balaban J connectivity index is 2.26. The van der Waals surface area contributed by atoms with Crippen molar-refractivity contribution in [2.45, 2.75) is 6.54 Å². The van der Waals surface area contributed by atoms with Crippen molar-refractivity contribution in [2.24, 2.45) is 0 Å². The molecular formula is C13H10FN. The second kappa shape index (κ2) is 3.09. The standard InChI is InChI=1S/C13H10FN/c14-10-5-6-11-9(7-10)8-15-13-4-2-1-3-12(11)13/h1-7,15H,8H2. The average Bonchev–Trinajstić information content (AvgIpc) is 2.28. The average molecular weight is 199 g/mol. The lowest BCUT2D eigenvalue weighted by molar-refractivity contribution is 0.626. The Hall–Kier alpha value is -1.83. The highest BCUT2D eigenvalue weighted by Crippen LogP contribution is 2.35. The molecule has 0 aromatic heterocycles. The van der Waals surface area contributed by atoms with Gasteiger partial charge in [0.2, 0.25) is 0 Å². The summed E-state index contributed by atoms with van der Waals surface area (Å²) in [5.41, 5.74) is 4.43. The minimum absolute atomic E-state index is 0.171. The van der Waals surface area contributed by atoms with Crippen LogP contribution in [0.3, 0.4) is 0 Å². The van der Waals surface area contributed by atoms with Crippen LogP contribution in [-0.2, 0) is 6.54 Å². The van der Waals surface area contributed by atoms with Crippen molar-refractivity contribution < 1.29 is 4.39 Å². The third-order valence-electron chi connectivity index (χ3n) is 2.75. The number of fused-ring (bicyclic) bond motifs is 3. The summed E-state index contributed by atoms with van der Waals surface area (Å²) in [6.45, 7) is 0.699. The summed E-state index contributed by atoms with van der Waals surface area (Å²) < 4.78 is 13.0. The fourth-order valence-electron chi connectivity index (χ4n) is 2.03. The molecule has 0 aliphatic carbocycles. The first-order valence-electron chi connectivity index (χ1n) is 4.96. The van der Waals surface area contributed by atoms with E-state index in [-0.39, 0.29) is 5.82 Å². The van der Waals surface area contributed by atoms with Gasteiger partial charge >= 0.3 is 0 Å². The van der Waals surface area contributed by atoms with Crippen LogP contribution >= 0.6 is 0 Å². The van der Waals surface area contributed by atoms with Crippen LogP contribution in [-0.4, -0.2) is 0 Å². The molecule has 3 rings (SSSR count). The largest absolute Gasteiger partial charge is 0.380 e. The van der Waals surface area contributed by atoms with Gasteiger partial charge in [0.15, 0.2) is 0 Å². The van der Waals surface area contributed by atoms with Gasteiger partial charge in [-0.1, -0.05) is 24.3 Å². The van der Waals surface area contributed by atoms with E-state index in [1.807, 2.05) is 24.3 Å². The van der Waals surface area contributed by atoms with Gasteiger partial charge in [0.25, 0.3) is 0 Å². The minimum atomic E-state index is -0.171. The minimum Gasteiger partial charge on any atom is -0.380 e. The van der Waals surface area contributed by atoms with Crippen molar-refractivity contribution in [3.63, 3.8) is 0 Å². The van der Waals surface area contributed by atoms with E-state index in [1.165, 1.54) is 6.07 Å². The highest BCUT2D eigenvalue weighted by Gasteiger charge is 2.14. The molecule has 0 amide bonds. The predicted octanol–water partition coefficient (Wildman–Crippen LogP) is 3.42. The highest BCUT2D eigenvalue weighted by molar-refractivity contribution is 5.82. The molecule has 0 spiro atoms. The van der Waals surface area contributed by atoms with Crippen molar-refractivity contribution in [2.75, 3.05) is 5.32 Å². The first kappa shape index (κ1) is 8.48. The van der Waals surface area contributed by atoms with Crippen LogP contribution in [0.2, 0.25) is 0 Å². The van der Waals surface area contributed by atoms with Crippen molar-refractivity contribution >= 4 is 5.69 Å². The molecule has 74 valence electrons. The van der Waals surface area contributed by atoms with Crippen LogP contribution in [0.25, 0.3) is 11.1 Å². The van der Waals surface area contributed by atoms with Gasteiger partial charge in [0.1, 0.15) is 5.82 Å². The van der Waals surface area contributed by atoms with Crippen LogP contribution in [0.5, 0.6) is 0 Å². The molecule has 1 nitrogen and oxygen atoms in total. The molecule has 2 aromatic rings. The summed E-state index contributed by atoms with van der Waals surface area (Å²) in [5, 5.41) is 3.28. The number of benzene rings is 2. The lowest BCUT2D eigenvalue weighted by Crippen LogP contribution is -2.08. The summed E-state index contributed by atoms with van der Waals surface area (Å²) in [4.78, 5) is 0. The summed E-state index contributed by atoms with van der Waals surface area (Å²) >= 11 is 0. The van der Waals surface area contributed by atoms with E-state index in [1.54, 1.807) is 6.07 Å². The Morgan fingerprint density at radius 2 is 1.87 bits per heavy atom. The zero-order valence-electron chi connectivity index (χ0n) is 8.13. The maximum Gasteiger partial charge on any atom is 0.123 e. The SMILES string of the molecule is Fc1ccc2c(c1)CNc1ccccc1-2. The molecule has 0 atom stereocenters. The first-order chi connectivity index (χ1) is 7.34. The molecule has 0 saturated carbocycles. The van der Waals surface area contributed by atoms with Gasteiger partial charge in [-0.15, -0.1) is 0 Å². The third kappa shape index (κ3) is 1.30. The summed E-state index contributed by atoms with van der Waals surface area (Å²) in [6.07, 6.45) is 0. The molecule has 1 N–H and O–H groups in total. The van der Waals surface area contributed by atoms with E-state index in [9.17, 15) is 4.39 Å². The number of hydrogen-bond donors (Lipinski definition) is 1. The van der Waals surface area contributed by atoms with Crippen molar-refractivity contribution in [3.05, 3.63) is 53.8 Å². The highest BCUT2D eigenvalue weighted by atomic mass is 19.1. The van der Waals surface area contributed by atoms with Gasteiger partial charge in [0, 0.05) is 17.8 Å². The number of nitrogens with one attached hydrogen (secondary N) is 1. The lowest BCUT2D eigenvalue weighted by atomic mass is 9.95. The Morgan fingerprint density at radius 3 is 2.80 bits per heavy atom. The Morgan fingerprint density at radius 1 is 1.00 bits per heavy atom. The van der Waals surface area contributed by atoms with Gasteiger partial charge in [-0.05, 0) is 29.3 Å². The second-order valence-corrected chi connectivity index (χ2v) is 3.70. The van der Waals surface area contributed by atoms with Crippen LogP contribution in [0.15, 0.2) is 42.5 Å². The van der Waals surface area contributed by atoms with Gasteiger partial charge in [-0.2, -0.15) is 0 Å². The molecule has 2 heteroatoms. The van der Waals surface area contributed by atoms with Crippen LogP contribution in [0, 0.1) is 5.82 Å². The van der Waals surface area contributed by atoms with E-state index in [2.05, 4.69) is 11.4 Å². The van der Waals surface area contributed by atoms with E-state index < -0.39 is 0 Å². The summed E-state index contributed by atoms with van der Waals surface area (Å²) in [6, 6.07) is 13.1. The molecule has 1 aliphatic rings. The number of para-hydroxylation sites is 1. The van der Waals surface area contributed by atoms with E-state index in [0.717, 1.165) is 22.4 Å². The smallest absolute Gasteiger partial charge is 0.123 e. The quantitative estimate of drug-likeness (QED) is 0.685. The zero-order chi connectivity index (χ0) is 10.3. The van der Waals surface area contributed by atoms with E-state index in [0.29, 0.717) is 6.54 Å². The molecule has 0 unspecified atom stereocenters. The molecule has 1 heterocycles. The summed E-state index contributed by atoms with van der Waals surface area (Å²) in [5.74, 6) is -0.171. The first-order valence-corrected chi connectivity index (χ1v) is 4.96. The Labute approximate surface area is 87.6 Å². The number of anilines is 1. The molecule has 0 fully saturated rings. The predicted molar refractivity (Wildman–Crippen MR) is 59.2 cm³/mol. The number of rotatable bonds is 0. The molecule has 0 radical (unpaired) electrons. The van der Waals surface area contributed by atoms with Gasteiger partial charge in [0.05, 0.1) is 0 Å². The van der Waals surface area contributed by atoms with Crippen LogP contribution in [0.4, 0.5) is 10.1 Å². The Bertz CT molecular complexity index is 520. The van der Waals surface area contributed by atoms with Crippen molar-refractivity contribution in [1.29, 1.82) is 0 Å². The van der Waals surface area contributed by atoms with Gasteiger partial charge in [-0.3, -0.25) is 0 Å². The van der Waals surface area contributed by atoms with E-state index >= 15 is 0 Å². The van der Waals surface area contributed by atoms with Gasteiger partial charge < -0.3 is 5.32 Å². The number of hydrogen-bond acceptors (Lipinski definition) is 1. The molecule has 2 aromatic carbocycles. The number of halogens is 1. The third-order valence-corrected chi connectivity index (χ3v) is 2.75. The second-order valence-electron chi connectivity index (χ2n) is 3.70. The molecular weight excluding hydrogens is 189 g/mol. The summed E-state index contributed by atoms with van der Waals surface area (Å²) in [7, 11) is 0. The molecule has 0 saturated heterocycles. The van der Waals surface area contributed by atoms with Crippen LogP contribution in [0.1, 0.15) is 5.56 Å². The molecule has 0 bridgehead atoms. The van der Waals surface area contributed by atoms with Crippen molar-refractivity contribution in [1.82, 2.24) is 0 Å². The zero-order valence-corrected chi connectivity index (χ0v) is 8.13. The lowest BCUT2D eigenvalue weighted by Gasteiger charge is -2.21. The fraction of sp³-hybridized carbons (Fsp3) is 0.0769. The van der Waals surface area contributed by atoms with Gasteiger partial charge in [-0.25, -0.2) is 4.39 Å². The maximum atomic E-state index is 13.0. The van der Waals surface area contributed by atoms with Crippen molar-refractivity contribution in [3.8, 4) is 11.1 Å². The monoisotopic (exact) mass is 199 g/mol.